The van der Waals surface area contributed by atoms with Crippen LogP contribution in [0.25, 0.3) is 0 Å². The van der Waals surface area contributed by atoms with Crippen molar-refractivity contribution in [2.24, 2.45) is 0 Å². The molecule has 1 aromatic carbocycles. The van der Waals surface area contributed by atoms with E-state index in [-0.39, 0.29) is 11.5 Å². The van der Waals surface area contributed by atoms with E-state index in [2.05, 4.69) is 31.2 Å². The number of para-hydroxylation sites is 2. The van der Waals surface area contributed by atoms with E-state index < -0.39 is 5.91 Å². The molecule has 0 unspecified atom stereocenters. The van der Waals surface area contributed by atoms with Gasteiger partial charge in [-0.1, -0.05) is 12.1 Å². The highest BCUT2D eigenvalue weighted by molar-refractivity contribution is 9.10. The summed E-state index contributed by atoms with van der Waals surface area (Å²) in [5, 5.41) is 2.72. The molecule has 0 aliphatic rings. The van der Waals surface area contributed by atoms with Crippen molar-refractivity contribution in [2.45, 2.75) is 6.92 Å². The highest BCUT2D eigenvalue weighted by Gasteiger charge is 2.15. The first-order valence-electron chi connectivity index (χ1n) is 6.82. The molecule has 0 saturated carbocycles. The lowest BCUT2D eigenvalue weighted by molar-refractivity contribution is 0.102. The van der Waals surface area contributed by atoms with Gasteiger partial charge in [0.1, 0.15) is 17.0 Å². The highest BCUT2D eigenvalue weighted by Crippen LogP contribution is 2.24. The Morgan fingerprint density at radius 1 is 1.39 bits per heavy atom. The van der Waals surface area contributed by atoms with E-state index in [0.29, 0.717) is 29.3 Å². The predicted molar refractivity (Wildman–Crippen MR) is 90.0 cm³/mol. The molecular weight excluding hydrogens is 364 g/mol. The summed E-state index contributed by atoms with van der Waals surface area (Å²) < 4.78 is 11.1. The molecule has 1 amide bonds. The van der Waals surface area contributed by atoms with Gasteiger partial charge in [0, 0.05) is 0 Å². The summed E-state index contributed by atoms with van der Waals surface area (Å²) in [6.07, 6.45) is 1.42. The fourth-order valence-corrected chi connectivity index (χ4v) is 2.02. The van der Waals surface area contributed by atoms with Gasteiger partial charge in [-0.05, 0) is 35.0 Å². The molecule has 7 nitrogen and oxygen atoms in total. The van der Waals surface area contributed by atoms with Gasteiger partial charge in [0.2, 0.25) is 0 Å². The van der Waals surface area contributed by atoms with Crippen molar-refractivity contribution in [3.8, 4) is 5.75 Å². The Kier molecular flexibility index (Phi) is 6.30. The molecule has 23 heavy (non-hydrogen) atoms. The second kappa shape index (κ2) is 8.44. The van der Waals surface area contributed by atoms with Crippen LogP contribution in [0, 0.1) is 6.61 Å². The number of rotatable bonds is 7. The topological polar surface area (TPSA) is 99.4 Å². The van der Waals surface area contributed by atoms with Crippen LogP contribution >= 0.6 is 15.9 Å². The molecule has 0 bridgehead atoms. The largest absolute Gasteiger partial charge is 0.489 e. The summed E-state index contributed by atoms with van der Waals surface area (Å²) in [7, 11) is 0. The van der Waals surface area contributed by atoms with Gasteiger partial charge in [0.05, 0.1) is 25.1 Å². The van der Waals surface area contributed by atoms with Crippen molar-refractivity contribution in [3.63, 3.8) is 0 Å². The minimum Gasteiger partial charge on any atom is -0.489 e. The molecule has 2 aromatic rings. The Hall–Kier alpha value is -2.19. The number of hydrogen-bond acceptors (Lipinski definition) is 6. The summed E-state index contributed by atoms with van der Waals surface area (Å²) in [5.74, 6) is 0.114. The third-order valence-corrected chi connectivity index (χ3v) is 3.13. The number of nitrogens with two attached hydrogens (primary N) is 1. The van der Waals surface area contributed by atoms with Crippen molar-refractivity contribution >= 4 is 33.3 Å². The zero-order valence-electron chi connectivity index (χ0n) is 12.5. The van der Waals surface area contributed by atoms with Crippen LogP contribution in [0.15, 0.2) is 35.1 Å². The Labute approximate surface area is 142 Å². The van der Waals surface area contributed by atoms with Gasteiger partial charge in [0.25, 0.3) is 5.91 Å². The smallest absolute Gasteiger partial charge is 0.278 e. The van der Waals surface area contributed by atoms with Crippen LogP contribution in [0.3, 0.4) is 0 Å². The Balaban J connectivity index is 2.10. The molecule has 2 rings (SSSR count). The lowest BCUT2D eigenvalue weighted by atomic mass is 10.2. The highest BCUT2D eigenvalue weighted by atomic mass is 79.9. The maximum atomic E-state index is 12.3. The Bertz CT molecular complexity index is 682. The third kappa shape index (κ3) is 4.90. The molecule has 0 fully saturated rings. The van der Waals surface area contributed by atoms with Crippen LogP contribution in [-0.2, 0) is 4.74 Å². The van der Waals surface area contributed by atoms with E-state index in [4.69, 9.17) is 15.2 Å². The van der Waals surface area contributed by atoms with Crippen molar-refractivity contribution in [3.05, 3.63) is 47.4 Å². The van der Waals surface area contributed by atoms with Gasteiger partial charge >= 0.3 is 0 Å². The van der Waals surface area contributed by atoms with Crippen LogP contribution in [0.2, 0.25) is 0 Å². The van der Waals surface area contributed by atoms with Crippen LogP contribution in [0.4, 0.5) is 11.5 Å². The van der Waals surface area contributed by atoms with E-state index in [1.54, 1.807) is 31.7 Å². The minimum atomic E-state index is -0.467. The fraction of sp³-hybridized carbons (Fsp3) is 0.200. The molecule has 0 aliphatic heterocycles. The normalized spacial score (nSPS) is 10.3. The lowest BCUT2D eigenvalue weighted by Crippen LogP contribution is -2.18. The van der Waals surface area contributed by atoms with Crippen molar-refractivity contribution in [1.29, 1.82) is 0 Å². The first-order chi connectivity index (χ1) is 11.1. The molecule has 1 radical (unpaired) electrons. The molecule has 0 atom stereocenters. The van der Waals surface area contributed by atoms with E-state index in [9.17, 15) is 4.79 Å². The number of halogens is 1. The summed E-state index contributed by atoms with van der Waals surface area (Å²) in [6, 6.07) is 7.07. The number of nitrogen functional groups attached to an aromatic ring is 1. The second-order valence-electron chi connectivity index (χ2n) is 4.33. The number of aromatic nitrogens is 2. The van der Waals surface area contributed by atoms with Crippen molar-refractivity contribution in [1.82, 2.24) is 9.97 Å². The number of nitrogens with one attached hydrogen (secondary N) is 1. The monoisotopic (exact) mass is 379 g/mol. The van der Waals surface area contributed by atoms with Gasteiger partial charge in [-0.15, -0.1) is 0 Å². The SMILES string of the molecule is C[CH]OCCOc1ccccc1NC(=O)c1nc(Br)cnc1N. The summed E-state index contributed by atoms with van der Waals surface area (Å²) in [6.45, 7) is 4.15. The minimum absolute atomic E-state index is 0.0399. The van der Waals surface area contributed by atoms with Gasteiger partial charge < -0.3 is 20.5 Å². The molecule has 0 aliphatic carbocycles. The van der Waals surface area contributed by atoms with Gasteiger partial charge in [-0.3, -0.25) is 4.79 Å². The Morgan fingerprint density at radius 2 is 2.17 bits per heavy atom. The third-order valence-electron chi connectivity index (χ3n) is 2.75. The van der Waals surface area contributed by atoms with Gasteiger partial charge in [-0.2, -0.15) is 0 Å². The molecule has 1 heterocycles. The molecule has 3 N–H and O–H groups in total. The first kappa shape index (κ1) is 17.2. The molecule has 1 aromatic heterocycles. The molecule has 8 heteroatoms. The maximum Gasteiger partial charge on any atom is 0.278 e. The zero-order valence-corrected chi connectivity index (χ0v) is 14.0. The van der Waals surface area contributed by atoms with Gasteiger partial charge in [-0.25, -0.2) is 9.97 Å². The van der Waals surface area contributed by atoms with E-state index in [1.165, 1.54) is 6.20 Å². The first-order valence-corrected chi connectivity index (χ1v) is 7.61. The number of ether oxygens (including phenoxy) is 2. The molecular formula is C15H16BrN4O3. The number of benzene rings is 1. The molecule has 121 valence electrons. The van der Waals surface area contributed by atoms with Crippen LogP contribution in [0.5, 0.6) is 5.75 Å². The van der Waals surface area contributed by atoms with E-state index in [1.807, 2.05) is 6.07 Å². The van der Waals surface area contributed by atoms with Crippen molar-refractivity contribution < 1.29 is 14.3 Å². The average Bonchev–Trinajstić information content (AvgIpc) is 2.55. The second-order valence-corrected chi connectivity index (χ2v) is 5.14. The van der Waals surface area contributed by atoms with Crippen molar-refractivity contribution in [2.75, 3.05) is 24.3 Å². The number of amides is 1. The zero-order chi connectivity index (χ0) is 16.7. The molecule has 0 saturated heterocycles. The quantitative estimate of drug-likeness (QED) is 0.717. The Morgan fingerprint density at radius 3 is 2.96 bits per heavy atom. The van der Waals surface area contributed by atoms with Crippen LogP contribution < -0.4 is 15.8 Å². The van der Waals surface area contributed by atoms with E-state index in [0.717, 1.165) is 0 Å². The fourth-order valence-electron chi connectivity index (χ4n) is 1.74. The number of hydrogen-bond donors (Lipinski definition) is 2. The summed E-state index contributed by atoms with van der Waals surface area (Å²) >= 11 is 3.16. The summed E-state index contributed by atoms with van der Waals surface area (Å²) in [4.78, 5) is 20.2. The van der Waals surface area contributed by atoms with Gasteiger partial charge in [0.15, 0.2) is 11.5 Å². The summed E-state index contributed by atoms with van der Waals surface area (Å²) in [5.41, 5.74) is 6.24. The number of carbonyl (C=O) groups excluding carboxylic acids is 1. The number of carbonyl (C=O) groups is 1. The molecule has 0 spiro atoms. The maximum absolute atomic E-state index is 12.3. The average molecular weight is 380 g/mol. The lowest BCUT2D eigenvalue weighted by Gasteiger charge is -2.12. The number of anilines is 2. The van der Waals surface area contributed by atoms with Crippen LogP contribution in [-0.4, -0.2) is 29.1 Å². The standard InChI is InChI=1S/C15H16BrN4O3/c1-2-22-7-8-23-11-6-4-3-5-10(11)19-15(21)13-14(17)18-9-12(16)20-13/h2-6,9H,7-8H2,1H3,(H2,17,18)(H,19,21). The predicted octanol–water partition coefficient (Wildman–Crippen LogP) is 2.65. The van der Waals surface area contributed by atoms with E-state index >= 15 is 0 Å². The van der Waals surface area contributed by atoms with Crippen LogP contribution in [0.1, 0.15) is 17.4 Å². The number of nitrogens with zero attached hydrogens (tertiary/aromatic N) is 2.